The second-order valence-corrected chi connectivity index (χ2v) is 3.46. The molecule has 1 aromatic rings. The van der Waals surface area contributed by atoms with Crippen molar-refractivity contribution in [3.05, 3.63) is 18.2 Å². The van der Waals surface area contributed by atoms with Gasteiger partial charge in [0.2, 0.25) is 0 Å². The van der Waals surface area contributed by atoms with E-state index in [1.807, 2.05) is 25.1 Å². The van der Waals surface area contributed by atoms with Gasteiger partial charge < -0.3 is 14.8 Å². The molecule has 0 amide bonds. The number of fused-ring (bicyclic) bond motifs is 1. The zero-order valence-corrected chi connectivity index (χ0v) is 9.38. The van der Waals surface area contributed by atoms with Crippen LogP contribution in [0.5, 0.6) is 11.5 Å². The molecule has 0 fully saturated rings. The number of anilines is 1. The van der Waals surface area contributed by atoms with Crippen molar-refractivity contribution < 1.29 is 9.47 Å². The van der Waals surface area contributed by atoms with E-state index < -0.39 is 0 Å². The largest absolute Gasteiger partial charge is 0.486 e. The van der Waals surface area contributed by atoms with Gasteiger partial charge in [-0.05, 0) is 19.1 Å². The fraction of sp³-hybridized carbons (Fsp3) is 0.385. The predicted octanol–water partition coefficient (Wildman–Crippen LogP) is 2.28. The van der Waals surface area contributed by atoms with E-state index in [-0.39, 0.29) is 0 Å². The van der Waals surface area contributed by atoms with Gasteiger partial charge in [0.25, 0.3) is 0 Å². The average Bonchev–Trinajstić information content (AvgIpc) is 2.34. The molecule has 16 heavy (non-hydrogen) atoms. The quantitative estimate of drug-likeness (QED) is 0.622. The molecule has 3 heteroatoms. The lowest BCUT2D eigenvalue weighted by atomic mass is 10.2. The molecule has 2 rings (SSSR count). The smallest absolute Gasteiger partial charge is 0.163 e. The highest BCUT2D eigenvalue weighted by Gasteiger charge is 2.10. The maximum Gasteiger partial charge on any atom is 0.163 e. The summed E-state index contributed by atoms with van der Waals surface area (Å²) >= 11 is 0. The van der Waals surface area contributed by atoms with Crippen molar-refractivity contribution in [2.75, 3.05) is 25.1 Å². The summed E-state index contributed by atoms with van der Waals surface area (Å²) in [7, 11) is 0. The molecule has 1 N–H and O–H groups in total. The van der Waals surface area contributed by atoms with Crippen LogP contribution >= 0.6 is 0 Å². The monoisotopic (exact) mass is 217 g/mol. The van der Waals surface area contributed by atoms with E-state index in [4.69, 9.17) is 9.47 Å². The molecule has 84 valence electrons. The summed E-state index contributed by atoms with van der Waals surface area (Å²) in [6, 6.07) is 5.89. The van der Waals surface area contributed by atoms with Crippen molar-refractivity contribution >= 4 is 5.69 Å². The molecule has 1 aliphatic rings. The molecule has 0 radical (unpaired) electrons. The van der Waals surface area contributed by atoms with Crippen LogP contribution in [0.25, 0.3) is 0 Å². The second kappa shape index (κ2) is 5.32. The van der Waals surface area contributed by atoms with E-state index in [1.54, 1.807) is 0 Å². The molecule has 1 heterocycles. The van der Waals surface area contributed by atoms with Gasteiger partial charge in [-0.3, -0.25) is 0 Å². The lowest BCUT2D eigenvalue weighted by Gasteiger charge is -2.19. The molecule has 0 saturated carbocycles. The van der Waals surface area contributed by atoms with Gasteiger partial charge in [-0.15, -0.1) is 11.8 Å². The Morgan fingerprint density at radius 3 is 2.88 bits per heavy atom. The van der Waals surface area contributed by atoms with E-state index in [2.05, 4.69) is 17.2 Å². The third kappa shape index (κ3) is 2.60. The molecular formula is C13H15NO2. The molecule has 0 aromatic heterocycles. The van der Waals surface area contributed by atoms with Crippen LogP contribution in [0.2, 0.25) is 0 Å². The maximum atomic E-state index is 5.50. The molecule has 1 aliphatic heterocycles. The first-order valence-corrected chi connectivity index (χ1v) is 5.43. The molecule has 3 nitrogen and oxygen atoms in total. The zero-order chi connectivity index (χ0) is 11.2. The highest BCUT2D eigenvalue weighted by Crippen LogP contribution is 2.32. The third-order valence-corrected chi connectivity index (χ3v) is 2.30. The summed E-state index contributed by atoms with van der Waals surface area (Å²) in [5.41, 5.74) is 1.04. The van der Waals surface area contributed by atoms with Gasteiger partial charge >= 0.3 is 0 Å². The van der Waals surface area contributed by atoms with E-state index in [0.717, 1.165) is 30.2 Å². The number of hydrogen-bond acceptors (Lipinski definition) is 3. The Morgan fingerprint density at radius 1 is 1.25 bits per heavy atom. The molecule has 0 spiro atoms. The lowest BCUT2D eigenvalue weighted by molar-refractivity contribution is 0.171. The molecular weight excluding hydrogens is 202 g/mol. The van der Waals surface area contributed by atoms with Crippen molar-refractivity contribution in [2.24, 2.45) is 0 Å². The Morgan fingerprint density at radius 2 is 2.06 bits per heavy atom. The topological polar surface area (TPSA) is 30.5 Å². The minimum atomic E-state index is 0.623. The molecule has 0 unspecified atom stereocenters. The van der Waals surface area contributed by atoms with Crippen LogP contribution in [0, 0.1) is 11.8 Å². The van der Waals surface area contributed by atoms with Crippen LogP contribution in [-0.2, 0) is 0 Å². The molecule has 1 aromatic carbocycles. The van der Waals surface area contributed by atoms with Crippen LogP contribution in [-0.4, -0.2) is 19.8 Å². The first-order valence-electron chi connectivity index (χ1n) is 5.43. The van der Waals surface area contributed by atoms with Gasteiger partial charge in [-0.1, -0.05) is 0 Å². The van der Waals surface area contributed by atoms with Gasteiger partial charge in [-0.25, -0.2) is 0 Å². The predicted molar refractivity (Wildman–Crippen MR) is 64.0 cm³/mol. The highest BCUT2D eigenvalue weighted by atomic mass is 16.6. The second-order valence-electron chi connectivity index (χ2n) is 3.46. The number of nitrogens with one attached hydrogen (secondary N) is 1. The van der Waals surface area contributed by atoms with Crippen molar-refractivity contribution in [1.82, 2.24) is 0 Å². The third-order valence-electron chi connectivity index (χ3n) is 2.30. The SMILES string of the molecule is CC#CCCNc1ccc2c(c1)OCCO2. The molecule has 0 atom stereocenters. The number of benzene rings is 1. The van der Waals surface area contributed by atoms with Crippen molar-refractivity contribution in [3.63, 3.8) is 0 Å². The van der Waals surface area contributed by atoms with E-state index in [0.29, 0.717) is 13.2 Å². The van der Waals surface area contributed by atoms with E-state index in [1.165, 1.54) is 0 Å². The maximum absolute atomic E-state index is 5.50. The molecule has 0 bridgehead atoms. The van der Waals surface area contributed by atoms with Crippen LogP contribution in [0.1, 0.15) is 13.3 Å². The normalized spacial score (nSPS) is 12.6. The number of hydrogen-bond donors (Lipinski definition) is 1. The van der Waals surface area contributed by atoms with Gasteiger partial charge in [0, 0.05) is 24.7 Å². The minimum absolute atomic E-state index is 0.623. The highest BCUT2D eigenvalue weighted by molar-refractivity contribution is 5.55. The van der Waals surface area contributed by atoms with Crippen molar-refractivity contribution in [3.8, 4) is 23.3 Å². The van der Waals surface area contributed by atoms with Gasteiger partial charge in [0.1, 0.15) is 13.2 Å². The number of rotatable bonds is 3. The standard InChI is InChI=1S/C13H15NO2/c1-2-3-4-7-14-11-5-6-12-13(10-11)16-9-8-15-12/h5-6,10,14H,4,7-9H2,1H3. The Hall–Kier alpha value is -1.82. The summed E-state index contributed by atoms with van der Waals surface area (Å²) in [5.74, 6) is 7.52. The van der Waals surface area contributed by atoms with E-state index in [9.17, 15) is 0 Å². The number of ether oxygens (including phenoxy) is 2. The fourth-order valence-electron chi connectivity index (χ4n) is 1.55. The first kappa shape index (κ1) is 10.7. The van der Waals surface area contributed by atoms with Gasteiger partial charge in [0.05, 0.1) is 0 Å². The zero-order valence-electron chi connectivity index (χ0n) is 9.38. The average molecular weight is 217 g/mol. The fourth-order valence-corrected chi connectivity index (χ4v) is 1.55. The van der Waals surface area contributed by atoms with Crippen LogP contribution in [0.3, 0.4) is 0 Å². The first-order chi connectivity index (χ1) is 7.90. The van der Waals surface area contributed by atoms with Gasteiger partial charge in [-0.2, -0.15) is 0 Å². The Labute approximate surface area is 95.8 Å². The van der Waals surface area contributed by atoms with Crippen molar-refractivity contribution in [2.45, 2.75) is 13.3 Å². The van der Waals surface area contributed by atoms with Crippen LogP contribution in [0.4, 0.5) is 5.69 Å². The van der Waals surface area contributed by atoms with Crippen molar-refractivity contribution in [1.29, 1.82) is 0 Å². The van der Waals surface area contributed by atoms with Crippen LogP contribution in [0.15, 0.2) is 18.2 Å². The van der Waals surface area contributed by atoms with E-state index >= 15 is 0 Å². The van der Waals surface area contributed by atoms with Gasteiger partial charge in [0.15, 0.2) is 11.5 Å². The Bertz CT molecular complexity index is 418. The Balaban J connectivity index is 1.96. The lowest BCUT2D eigenvalue weighted by Crippen LogP contribution is -2.15. The summed E-state index contributed by atoms with van der Waals surface area (Å²) in [6.07, 6.45) is 0.852. The molecule has 0 aliphatic carbocycles. The summed E-state index contributed by atoms with van der Waals surface area (Å²) in [4.78, 5) is 0. The van der Waals surface area contributed by atoms with Crippen LogP contribution < -0.4 is 14.8 Å². The summed E-state index contributed by atoms with van der Waals surface area (Å²) in [5, 5.41) is 3.29. The Kier molecular flexibility index (Phi) is 3.55. The summed E-state index contributed by atoms with van der Waals surface area (Å²) in [6.45, 7) is 3.95. The molecule has 0 saturated heterocycles. The minimum Gasteiger partial charge on any atom is -0.486 e. The summed E-state index contributed by atoms with van der Waals surface area (Å²) < 4.78 is 10.9.